The van der Waals surface area contributed by atoms with Gasteiger partial charge in [-0.15, -0.1) is 0 Å². The van der Waals surface area contributed by atoms with Gasteiger partial charge in [0.1, 0.15) is 0 Å². The second-order valence-electron chi connectivity index (χ2n) is 6.73. The van der Waals surface area contributed by atoms with Crippen LogP contribution in [0.5, 0.6) is 0 Å². The third-order valence-electron chi connectivity index (χ3n) is 4.55. The number of morpholine rings is 1. The topological polar surface area (TPSA) is 75.7 Å². The van der Waals surface area contributed by atoms with Crippen molar-refractivity contribution >= 4 is 27.7 Å². The van der Waals surface area contributed by atoms with Gasteiger partial charge in [0, 0.05) is 24.9 Å². The van der Waals surface area contributed by atoms with E-state index >= 15 is 0 Å². The zero-order chi connectivity index (χ0) is 20.1. The Labute approximate surface area is 165 Å². The number of carbonyl (C=O) groups is 1. The quantitative estimate of drug-likeness (QED) is 0.783. The molecular weight excluding hydrogens is 376 g/mol. The van der Waals surface area contributed by atoms with E-state index in [9.17, 15) is 13.2 Å². The van der Waals surface area contributed by atoms with Crippen molar-refractivity contribution in [3.63, 3.8) is 0 Å². The molecule has 0 aliphatic carbocycles. The van der Waals surface area contributed by atoms with Crippen LogP contribution in [0.3, 0.4) is 0 Å². The minimum atomic E-state index is -3.60. The number of nitrogens with one attached hydrogen (secondary N) is 1. The van der Waals surface area contributed by atoms with Gasteiger partial charge in [-0.3, -0.25) is 4.79 Å². The van der Waals surface area contributed by atoms with Gasteiger partial charge in [0.05, 0.1) is 18.1 Å². The van der Waals surface area contributed by atoms with E-state index in [2.05, 4.69) is 11.4 Å². The molecule has 1 aliphatic rings. The first-order chi connectivity index (χ1) is 13.4. The molecule has 0 unspecified atom stereocenters. The fourth-order valence-corrected chi connectivity index (χ4v) is 4.49. The van der Waals surface area contributed by atoms with Gasteiger partial charge in [-0.1, -0.05) is 29.8 Å². The molecule has 6 nitrogen and oxygen atoms in total. The molecule has 1 N–H and O–H groups in total. The summed E-state index contributed by atoms with van der Waals surface area (Å²) >= 11 is 0. The van der Waals surface area contributed by atoms with Crippen molar-refractivity contribution in [2.45, 2.75) is 18.7 Å². The molecule has 1 aliphatic heterocycles. The zero-order valence-corrected chi connectivity index (χ0v) is 16.8. The number of amides is 1. The number of sulfonamides is 1. The van der Waals surface area contributed by atoms with Gasteiger partial charge in [-0.25, -0.2) is 8.42 Å². The molecule has 0 aromatic heterocycles. The molecule has 2 aromatic carbocycles. The Balaban J connectivity index is 1.71. The molecular formula is C21H24N2O4S. The molecule has 1 saturated heterocycles. The first-order valence-corrected chi connectivity index (χ1v) is 10.5. The minimum Gasteiger partial charge on any atom is -0.379 e. The average Bonchev–Trinajstić information content (AvgIpc) is 2.68. The van der Waals surface area contributed by atoms with E-state index in [0.717, 1.165) is 16.7 Å². The third-order valence-corrected chi connectivity index (χ3v) is 6.44. The molecule has 0 bridgehead atoms. The van der Waals surface area contributed by atoms with Crippen LogP contribution < -0.4 is 5.32 Å². The largest absolute Gasteiger partial charge is 0.379 e. The summed E-state index contributed by atoms with van der Waals surface area (Å²) in [5, 5.41) is 2.73. The fourth-order valence-electron chi connectivity index (χ4n) is 3.03. The van der Waals surface area contributed by atoms with Crippen molar-refractivity contribution in [3.05, 3.63) is 65.2 Å². The summed E-state index contributed by atoms with van der Waals surface area (Å²) in [5.74, 6) is -0.319. The predicted octanol–water partition coefficient (Wildman–Crippen LogP) is 2.98. The third kappa shape index (κ3) is 4.86. The summed E-state index contributed by atoms with van der Waals surface area (Å²) in [6.07, 6.45) is 3.19. The van der Waals surface area contributed by atoms with E-state index in [1.165, 1.54) is 22.5 Å². The summed E-state index contributed by atoms with van der Waals surface area (Å²) in [6, 6.07) is 12.3. The molecule has 0 spiro atoms. The number of nitrogens with zero attached hydrogens (tertiary/aromatic N) is 1. The van der Waals surface area contributed by atoms with E-state index in [-0.39, 0.29) is 10.8 Å². The van der Waals surface area contributed by atoms with E-state index in [4.69, 9.17) is 4.74 Å². The Bertz CT molecular complexity index is 993. The van der Waals surface area contributed by atoms with Gasteiger partial charge in [0.2, 0.25) is 15.9 Å². The predicted molar refractivity (Wildman–Crippen MR) is 110 cm³/mol. The monoisotopic (exact) mass is 400 g/mol. The molecule has 2 aromatic rings. The van der Waals surface area contributed by atoms with Crippen LogP contribution in [0, 0.1) is 13.8 Å². The lowest BCUT2D eigenvalue weighted by Gasteiger charge is -2.26. The first kappa shape index (κ1) is 20.3. The Hall–Kier alpha value is -2.48. The van der Waals surface area contributed by atoms with Crippen LogP contribution in [0.4, 0.5) is 5.69 Å². The first-order valence-electron chi connectivity index (χ1n) is 9.10. The highest BCUT2D eigenvalue weighted by Gasteiger charge is 2.26. The molecule has 0 atom stereocenters. The SMILES string of the molecule is Cc1ccc(/C=C/C(=O)Nc2cccc(S(=O)(=O)N3CCOCC3)c2)c(C)c1. The number of rotatable bonds is 5. The van der Waals surface area contributed by atoms with Gasteiger partial charge in [-0.05, 0) is 49.2 Å². The molecule has 3 rings (SSSR count). The molecule has 1 fully saturated rings. The number of anilines is 1. The van der Waals surface area contributed by atoms with Crippen LogP contribution in [-0.2, 0) is 19.6 Å². The number of carbonyl (C=O) groups excluding carboxylic acids is 1. The van der Waals surface area contributed by atoms with Gasteiger partial charge < -0.3 is 10.1 Å². The minimum absolute atomic E-state index is 0.158. The highest BCUT2D eigenvalue weighted by molar-refractivity contribution is 7.89. The Kier molecular flexibility index (Phi) is 6.28. The van der Waals surface area contributed by atoms with Crippen molar-refractivity contribution in [1.82, 2.24) is 4.31 Å². The number of hydrogen-bond acceptors (Lipinski definition) is 4. The summed E-state index contributed by atoms with van der Waals surface area (Å²) < 4.78 is 32.1. The highest BCUT2D eigenvalue weighted by Crippen LogP contribution is 2.21. The lowest BCUT2D eigenvalue weighted by molar-refractivity contribution is -0.111. The Morgan fingerprint density at radius 2 is 1.86 bits per heavy atom. The summed E-state index contributed by atoms with van der Waals surface area (Å²) in [5.41, 5.74) is 3.65. The van der Waals surface area contributed by atoms with Gasteiger partial charge >= 0.3 is 0 Å². The van der Waals surface area contributed by atoms with Crippen LogP contribution in [0.25, 0.3) is 6.08 Å². The fraction of sp³-hybridized carbons (Fsp3) is 0.286. The van der Waals surface area contributed by atoms with Crippen molar-refractivity contribution in [3.8, 4) is 0 Å². The van der Waals surface area contributed by atoms with Crippen LogP contribution >= 0.6 is 0 Å². The van der Waals surface area contributed by atoms with Crippen molar-refractivity contribution < 1.29 is 17.9 Å². The average molecular weight is 401 g/mol. The normalized spacial score (nSPS) is 15.6. The molecule has 148 valence electrons. The summed E-state index contributed by atoms with van der Waals surface area (Å²) in [6.45, 7) is 5.45. The molecule has 7 heteroatoms. The maximum Gasteiger partial charge on any atom is 0.248 e. The Morgan fingerprint density at radius 3 is 2.57 bits per heavy atom. The van der Waals surface area contributed by atoms with Gasteiger partial charge in [-0.2, -0.15) is 4.31 Å². The molecule has 28 heavy (non-hydrogen) atoms. The summed E-state index contributed by atoms with van der Waals surface area (Å²) in [7, 11) is -3.60. The molecule has 1 amide bonds. The standard InChI is InChI=1S/C21H24N2O4S/c1-16-6-7-18(17(2)14-16)8-9-21(24)22-19-4-3-5-20(15-19)28(25,26)23-10-12-27-13-11-23/h3-9,14-15H,10-13H2,1-2H3,(H,22,24)/b9-8+. The van der Waals surface area contributed by atoms with Crippen LogP contribution in [0.2, 0.25) is 0 Å². The Morgan fingerprint density at radius 1 is 1.11 bits per heavy atom. The van der Waals surface area contributed by atoms with Crippen molar-refractivity contribution in [2.75, 3.05) is 31.6 Å². The number of aryl methyl sites for hydroxylation is 2. The lowest BCUT2D eigenvalue weighted by Crippen LogP contribution is -2.40. The lowest BCUT2D eigenvalue weighted by atomic mass is 10.1. The molecule has 1 heterocycles. The van der Waals surface area contributed by atoms with Crippen LogP contribution in [0.15, 0.2) is 53.4 Å². The maximum atomic E-state index is 12.7. The maximum absolute atomic E-state index is 12.7. The van der Waals surface area contributed by atoms with E-state index in [1.54, 1.807) is 18.2 Å². The van der Waals surface area contributed by atoms with Gasteiger partial charge in [0.15, 0.2) is 0 Å². The van der Waals surface area contributed by atoms with Crippen LogP contribution in [-0.4, -0.2) is 44.9 Å². The van der Waals surface area contributed by atoms with Crippen molar-refractivity contribution in [2.24, 2.45) is 0 Å². The number of hydrogen-bond donors (Lipinski definition) is 1. The second kappa shape index (κ2) is 8.68. The zero-order valence-electron chi connectivity index (χ0n) is 16.0. The molecule has 0 saturated carbocycles. The highest BCUT2D eigenvalue weighted by atomic mass is 32.2. The van der Waals surface area contributed by atoms with Crippen molar-refractivity contribution in [1.29, 1.82) is 0 Å². The van der Waals surface area contributed by atoms with Gasteiger partial charge in [0.25, 0.3) is 0 Å². The van der Waals surface area contributed by atoms with E-state index < -0.39 is 10.0 Å². The van der Waals surface area contributed by atoms with E-state index in [0.29, 0.717) is 32.0 Å². The number of benzene rings is 2. The van der Waals surface area contributed by atoms with E-state index in [1.807, 2.05) is 26.0 Å². The summed E-state index contributed by atoms with van der Waals surface area (Å²) in [4.78, 5) is 12.4. The van der Waals surface area contributed by atoms with Crippen LogP contribution in [0.1, 0.15) is 16.7 Å². The smallest absolute Gasteiger partial charge is 0.248 e. The molecule has 0 radical (unpaired) electrons. The second-order valence-corrected chi connectivity index (χ2v) is 8.66. The number of ether oxygens (including phenoxy) is 1.